The molecule has 0 amide bonds. The van der Waals surface area contributed by atoms with Gasteiger partial charge in [0.2, 0.25) is 0 Å². The van der Waals surface area contributed by atoms with Crippen LogP contribution in [-0.4, -0.2) is 47.3 Å². The Morgan fingerprint density at radius 2 is 1.25 bits per heavy atom. The van der Waals surface area contributed by atoms with Crippen LogP contribution in [0.25, 0.3) is 10.8 Å². The first-order valence-electron chi connectivity index (χ1n) is 13.0. The maximum Gasteiger partial charge on any atom is 0.127 e. The van der Waals surface area contributed by atoms with E-state index in [1.807, 2.05) is 0 Å². The summed E-state index contributed by atoms with van der Waals surface area (Å²) >= 11 is 0. The molecular weight excluding hydrogens is 474 g/mol. The first-order chi connectivity index (χ1) is 17.2. The molecular formula is C29H41NO5S. The van der Waals surface area contributed by atoms with Crippen molar-refractivity contribution in [3.8, 4) is 11.5 Å². The highest BCUT2D eigenvalue weighted by atomic mass is 32.2. The number of rotatable bonds is 12. The number of quaternary nitrogens is 1. The van der Waals surface area contributed by atoms with Crippen LogP contribution in [0.1, 0.15) is 64.9 Å². The highest BCUT2D eigenvalue weighted by Crippen LogP contribution is 2.36. The second kappa shape index (κ2) is 14.2. The van der Waals surface area contributed by atoms with Crippen molar-refractivity contribution in [2.75, 3.05) is 19.6 Å². The predicted octanol–water partition coefficient (Wildman–Crippen LogP) is 6.56. The van der Waals surface area contributed by atoms with E-state index in [-0.39, 0.29) is 22.3 Å². The van der Waals surface area contributed by atoms with E-state index >= 15 is 0 Å². The highest BCUT2D eigenvalue weighted by Gasteiger charge is 2.26. The molecule has 0 atom stereocenters. The molecule has 0 heterocycles. The third kappa shape index (κ3) is 8.50. The average Bonchev–Trinajstić information content (AvgIpc) is 2.85. The van der Waals surface area contributed by atoms with E-state index in [2.05, 4.69) is 51.1 Å². The Bertz CT molecular complexity index is 1150. The van der Waals surface area contributed by atoms with Crippen molar-refractivity contribution in [2.45, 2.75) is 70.7 Å². The third-order valence-electron chi connectivity index (χ3n) is 6.54. The Morgan fingerprint density at radius 3 is 1.75 bits per heavy atom. The van der Waals surface area contributed by atoms with Gasteiger partial charge in [0.25, 0.3) is 0 Å². The standard InChI is InChI=1S/C19H34N.C10H8O5S/c1-4-7-15-20(16-8-5-2,17-9-6-3)18-19-13-11-10-12-14-19;11-7-3-1-2-6-9(16(13,14)15)5-4-8(12)10(6)7/h10-14H,4-9,15-18H2,1-3H3;1-5,11-12H,(H,13,14,15)/q+1;/p-1. The van der Waals surface area contributed by atoms with E-state index in [4.69, 9.17) is 0 Å². The fraction of sp³-hybridized carbons (Fsp3) is 0.448. The van der Waals surface area contributed by atoms with Gasteiger partial charge in [-0.1, -0.05) is 82.5 Å². The monoisotopic (exact) mass is 515 g/mol. The third-order valence-corrected chi connectivity index (χ3v) is 7.44. The van der Waals surface area contributed by atoms with Crippen LogP contribution >= 0.6 is 0 Å². The Kier molecular flexibility index (Phi) is 11.7. The molecule has 6 nitrogen and oxygen atoms in total. The zero-order chi connectivity index (χ0) is 26.6. The summed E-state index contributed by atoms with van der Waals surface area (Å²) in [4.78, 5) is -0.462. The molecule has 3 aromatic rings. The van der Waals surface area contributed by atoms with E-state index in [0.717, 1.165) is 12.1 Å². The number of benzene rings is 3. The summed E-state index contributed by atoms with van der Waals surface area (Å²) in [6.45, 7) is 12.2. The predicted molar refractivity (Wildman–Crippen MR) is 145 cm³/mol. The molecule has 198 valence electrons. The molecule has 0 fully saturated rings. The Balaban J connectivity index is 0.000000259. The van der Waals surface area contributed by atoms with E-state index in [0.29, 0.717) is 0 Å². The molecule has 7 heteroatoms. The second-order valence-corrected chi connectivity index (χ2v) is 10.8. The summed E-state index contributed by atoms with van der Waals surface area (Å²) in [5, 5.41) is 18.9. The first kappa shape index (κ1) is 29.6. The molecule has 0 saturated carbocycles. The summed E-state index contributed by atoms with van der Waals surface area (Å²) in [6, 6.07) is 17.2. The van der Waals surface area contributed by atoms with Crippen molar-refractivity contribution < 1.29 is 27.7 Å². The normalized spacial score (nSPS) is 11.8. The van der Waals surface area contributed by atoms with Gasteiger partial charge in [-0.05, 0) is 37.5 Å². The largest absolute Gasteiger partial charge is 0.744 e. The molecule has 3 rings (SSSR count). The van der Waals surface area contributed by atoms with Crippen molar-refractivity contribution in [3.63, 3.8) is 0 Å². The van der Waals surface area contributed by atoms with Crippen LogP contribution in [0.2, 0.25) is 0 Å². The lowest BCUT2D eigenvalue weighted by molar-refractivity contribution is -0.941. The SMILES string of the molecule is CCCC[N+](CCCC)(CCCC)Cc1ccccc1.O=S(=O)([O-])c1ccc(O)c2c(O)cccc12. The minimum absolute atomic E-state index is 0.00926. The zero-order valence-electron chi connectivity index (χ0n) is 21.8. The second-order valence-electron chi connectivity index (χ2n) is 9.45. The van der Waals surface area contributed by atoms with Gasteiger partial charge < -0.3 is 19.2 Å². The van der Waals surface area contributed by atoms with Crippen LogP contribution in [0.4, 0.5) is 0 Å². The molecule has 0 aliphatic rings. The number of hydrogen-bond donors (Lipinski definition) is 2. The van der Waals surface area contributed by atoms with Gasteiger partial charge in [-0.25, -0.2) is 8.42 Å². The molecule has 0 spiro atoms. The van der Waals surface area contributed by atoms with Crippen molar-refractivity contribution in [1.29, 1.82) is 0 Å². The Labute approximate surface area is 216 Å². The quantitative estimate of drug-likeness (QED) is 0.210. The van der Waals surface area contributed by atoms with Gasteiger partial charge >= 0.3 is 0 Å². The minimum atomic E-state index is -4.64. The maximum atomic E-state index is 11.0. The molecule has 0 aromatic heterocycles. The fourth-order valence-electron chi connectivity index (χ4n) is 4.58. The maximum absolute atomic E-state index is 11.0. The van der Waals surface area contributed by atoms with E-state index in [1.165, 1.54) is 92.9 Å². The molecule has 2 N–H and O–H groups in total. The summed E-state index contributed by atoms with van der Waals surface area (Å²) < 4.78 is 34.2. The van der Waals surface area contributed by atoms with Crippen molar-refractivity contribution in [3.05, 3.63) is 66.2 Å². The van der Waals surface area contributed by atoms with Gasteiger partial charge in [0.05, 0.1) is 29.9 Å². The van der Waals surface area contributed by atoms with E-state index in [1.54, 1.807) is 0 Å². The van der Waals surface area contributed by atoms with Gasteiger partial charge in [-0.2, -0.15) is 0 Å². The average molecular weight is 516 g/mol. The Morgan fingerprint density at radius 1 is 0.722 bits per heavy atom. The number of nitrogens with zero attached hydrogens (tertiary/aromatic N) is 1. The van der Waals surface area contributed by atoms with Gasteiger partial charge in [0.15, 0.2) is 0 Å². The number of phenols is 2. The van der Waals surface area contributed by atoms with Crippen LogP contribution < -0.4 is 0 Å². The lowest BCUT2D eigenvalue weighted by atomic mass is 10.1. The summed E-state index contributed by atoms with van der Waals surface area (Å²) in [5.74, 6) is -0.555. The summed E-state index contributed by atoms with van der Waals surface area (Å²) in [7, 11) is -4.64. The van der Waals surface area contributed by atoms with Crippen LogP contribution in [0, 0.1) is 0 Å². The topological polar surface area (TPSA) is 97.7 Å². The molecule has 3 aromatic carbocycles. The van der Waals surface area contributed by atoms with Crippen molar-refractivity contribution in [1.82, 2.24) is 0 Å². The van der Waals surface area contributed by atoms with Crippen LogP contribution in [-0.2, 0) is 16.7 Å². The number of phenolic OH excluding ortho intramolecular Hbond substituents is 2. The summed E-state index contributed by atoms with van der Waals surface area (Å²) in [6.07, 6.45) is 8.02. The number of hydrogen-bond acceptors (Lipinski definition) is 5. The molecule has 0 saturated heterocycles. The molecule has 0 radical (unpaired) electrons. The molecule has 0 aliphatic carbocycles. The lowest BCUT2D eigenvalue weighted by Gasteiger charge is -2.39. The fourth-order valence-corrected chi connectivity index (χ4v) is 5.26. The lowest BCUT2D eigenvalue weighted by Crippen LogP contribution is -2.49. The Hall–Kier alpha value is -2.61. The highest BCUT2D eigenvalue weighted by molar-refractivity contribution is 7.86. The summed E-state index contributed by atoms with van der Waals surface area (Å²) in [5.41, 5.74) is 1.51. The molecule has 0 bridgehead atoms. The van der Waals surface area contributed by atoms with Crippen LogP contribution in [0.5, 0.6) is 11.5 Å². The van der Waals surface area contributed by atoms with Crippen LogP contribution in [0.3, 0.4) is 0 Å². The molecule has 0 unspecified atom stereocenters. The van der Waals surface area contributed by atoms with Gasteiger partial charge in [-0.3, -0.25) is 0 Å². The van der Waals surface area contributed by atoms with Crippen LogP contribution in [0.15, 0.2) is 65.6 Å². The van der Waals surface area contributed by atoms with Gasteiger partial charge in [-0.15, -0.1) is 0 Å². The molecule has 0 aliphatic heterocycles. The van der Waals surface area contributed by atoms with E-state index < -0.39 is 15.0 Å². The van der Waals surface area contributed by atoms with Crippen molar-refractivity contribution >= 4 is 20.9 Å². The number of aromatic hydroxyl groups is 2. The zero-order valence-corrected chi connectivity index (χ0v) is 22.6. The van der Waals surface area contributed by atoms with Crippen molar-refractivity contribution in [2.24, 2.45) is 0 Å². The minimum Gasteiger partial charge on any atom is -0.744 e. The van der Waals surface area contributed by atoms with Gasteiger partial charge in [0, 0.05) is 10.9 Å². The van der Waals surface area contributed by atoms with Gasteiger partial charge in [0.1, 0.15) is 28.2 Å². The number of unbranched alkanes of at least 4 members (excludes halogenated alkanes) is 3. The smallest absolute Gasteiger partial charge is 0.127 e. The number of fused-ring (bicyclic) bond motifs is 1. The molecule has 36 heavy (non-hydrogen) atoms. The first-order valence-corrected chi connectivity index (χ1v) is 14.4. The van der Waals surface area contributed by atoms with E-state index in [9.17, 15) is 23.2 Å².